The van der Waals surface area contributed by atoms with Crippen molar-refractivity contribution in [3.05, 3.63) is 30.1 Å². The minimum absolute atomic E-state index is 0.168. The van der Waals surface area contributed by atoms with Gasteiger partial charge >= 0.3 is 0 Å². The minimum atomic E-state index is -0.435. The van der Waals surface area contributed by atoms with Crippen molar-refractivity contribution >= 4 is 11.8 Å². The molecule has 0 fully saturated rings. The number of nitriles is 1. The predicted octanol–water partition coefficient (Wildman–Crippen LogP) is 3.59. The van der Waals surface area contributed by atoms with E-state index in [1.54, 1.807) is 12.1 Å². The van der Waals surface area contributed by atoms with E-state index in [4.69, 9.17) is 5.26 Å². The van der Waals surface area contributed by atoms with Crippen molar-refractivity contribution in [1.29, 1.82) is 5.26 Å². The van der Waals surface area contributed by atoms with Crippen LogP contribution in [0.4, 0.5) is 4.39 Å². The van der Waals surface area contributed by atoms with Crippen LogP contribution < -0.4 is 5.32 Å². The topological polar surface area (TPSA) is 35.8 Å². The zero-order valence-electron chi connectivity index (χ0n) is 10.9. The molecule has 1 unspecified atom stereocenters. The molecular weight excluding hydrogens is 247 g/mol. The number of nitrogens with one attached hydrogen (secondary N) is 1. The first-order valence-electron chi connectivity index (χ1n) is 6.15. The van der Waals surface area contributed by atoms with Crippen LogP contribution in [0.25, 0.3) is 0 Å². The lowest BCUT2D eigenvalue weighted by Gasteiger charge is -2.24. The summed E-state index contributed by atoms with van der Waals surface area (Å²) in [6.45, 7) is 2.00. The molecule has 0 aliphatic heterocycles. The van der Waals surface area contributed by atoms with E-state index in [2.05, 4.69) is 11.4 Å². The summed E-state index contributed by atoms with van der Waals surface area (Å²) in [5, 5.41) is 12.2. The van der Waals surface area contributed by atoms with Crippen molar-refractivity contribution in [2.24, 2.45) is 0 Å². The fourth-order valence-electron chi connectivity index (χ4n) is 1.79. The van der Waals surface area contributed by atoms with Gasteiger partial charge in [-0.15, -0.1) is 11.8 Å². The standard InChI is InChI=1S/C14H19FN2S/c1-3-14(11-16,17-2)9-6-10-18-13-8-5-4-7-12(13)15/h4-5,7-8,17H,3,6,9-10H2,1-2H3. The van der Waals surface area contributed by atoms with Crippen molar-refractivity contribution in [2.45, 2.75) is 36.6 Å². The van der Waals surface area contributed by atoms with E-state index >= 15 is 0 Å². The average Bonchev–Trinajstić information content (AvgIpc) is 2.42. The number of benzene rings is 1. The van der Waals surface area contributed by atoms with Gasteiger partial charge in [-0.25, -0.2) is 4.39 Å². The zero-order valence-corrected chi connectivity index (χ0v) is 11.7. The van der Waals surface area contributed by atoms with E-state index in [1.165, 1.54) is 17.8 Å². The Labute approximate surface area is 113 Å². The first-order chi connectivity index (χ1) is 8.67. The van der Waals surface area contributed by atoms with Crippen molar-refractivity contribution in [3.63, 3.8) is 0 Å². The minimum Gasteiger partial charge on any atom is -0.302 e. The van der Waals surface area contributed by atoms with Gasteiger partial charge in [-0.3, -0.25) is 0 Å². The third-order valence-corrected chi connectivity index (χ3v) is 4.27. The molecule has 0 saturated heterocycles. The van der Waals surface area contributed by atoms with Crippen molar-refractivity contribution in [3.8, 4) is 6.07 Å². The third kappa shape index (κ3) is 4.01. The number of thioether (sulfide) groups is 1. The monoisotopic (exact) mass is 266 g/mol. The molecule has 18 heavy (non-hydrogen) atoms. The van der Waals surface area contributed by atoms with Gasteiger partial charge in [0.2, 0.25) is 0 Å². The molecule has 0 radical (unpaired) electrons. The summed E-state index contributed by atoms with van der Waals surface area (Å²) < 4.78 is 13.4. The highest BCUT2D eigenvalue weighted by molar-refractivity contribution is 7.99. The van der Waals surface area contributed by atoms with Crippen LogP contribution >= 0.6 is 11.8 Å². The molecule has 0 bridgehead atoms. The van der Waals surface area contributed by atoms with Gasteiger partial charge in [-0.05, 0) is 44.2 Å². The number of hydrogen-bond donors (Lipinski definition) is 1. The molecule has 0 amide bonds. The van der Waals surface area contributed by atoms with Crippen LogP contribution in [0.5, 0.6) is 0 Å². The van der Waals surface area contributed by atoms with Crippen LogP contribution in [-0.2, 0) is 0 Å². The van der Waals surface area contributed by atoms with Crippen LogP contribution in [0.1, 0.15) is 26.2 Å². The highest BCUT2D eigenvalue weighted by Gasteiger charge is 2.24. The van der Waals surface area contributed by atoms with E-state index in [0.29, 0.717) is 4.90 Å². The van der Waals surface area contributed by atoms with Crippen molar-refractivity contribution < 1.29 is 4.39 Å². The van der Waals surface area contributed by atoms with E-state index in [1.807, 2.05) is 20.0 Å². The molecule has 98 valence electrons. The summed E-state index contributed by atoms with van der Waals surface area (Å²) in [5.74, 6) is 0.657. The molecule has 1 N–H and O–H groups in total. The smallest absolute Gasteiger partial charge is 0.136 e. The van der Waals surface area contributed by atoms with Gasteiger partial charge in [-0.1, -0.05) is 19.1 Å². The van der Waals surface area contributed by atoms with Crippen LogP contribution in [-0.4, -0.2) is 18.3 Å². The number of hydrogen-bond acceptors (Lipinski definition) is 3. The van der Waals surface area contributed by atoms with Gasteiger partial charge in [0, 0.05) is 4.90 Å². The number of rotatable bonds is 7. The Morgan fingerprint density at radius 1 is 1.44 bits per heavy atom. The molecule has 0 aliphatic carbocycles. The Morgan fingerprint density at radius 3 is 2.72 bits per heavy atom. The Morgan fingerprint density at radius 2 is 2.17 bits per heavy atom. The van der Waals surface area contributed by atoms with Crippen LogP contribution in [0.15, 0.2) is 29.2 Å². The maximum Gasteiger partial charge on any atom is 0.136 e. The summed E-state index contributed by atoms with van der Waals surface area (Å²) in [4.78, 5) is 0.681. The lowest BCUT2D eigenvalue weighted by molar-refractivity contribution is 0.400. The zero-order chi connectivity index (χ0) is 13.4. The van der Waals surface area contributed by atoms with Gasteiger partial charge in [0.25, 0.3) is 0 Å². The second-order valence-corrected chi connectivity index (χ2v) is 5.32. The SMILES string of the molecule is CCC(C#N)(CCCSc1ccccc1F)NC. The second-order valence-electron chi connectivity index (χ2n) is 4.18. The summed E-state index contributed by atoms with van der Waals surface area (Å²) in [7, 11) is 1.82. The quantitative estimate of drug-likeness (QED) is 0.605. The second kappa shape index (κ2) is 7.40. The first kappa shape index (κ1) is 15.0. The van der Waals surface area contributed by atoms with Crippen LogP contribution in [0, 0.1) is 17.1 Å². The van der Waals surface area contributed by atoms with Gasteiger partial charge < -0.3 is 5.32 Å². The molecule has 2 nitrogen and oxygen atoms in total. The Kier molecular flexibility index (Phi) is 6.17. The average molecular weight is 266 g/mol. The van der Waals surface area contributed by atoms with E-state index in [9.17, 15) is 4.39 Å². The molecule has 1 aromatic rings. The van der Waals surface area contributed by atoms with Gasteiger partial charge in [0.1, 0.15) is 11.4 Å². The molecule has 0 saturated carbocycles. The largest absolute Gasteiger partial charge is 0.302 e. The normalized spacial score (nSPS) is 13.9. The highest BCUT2D eigenvalue weighted by atomic mass is 32.2. The molecule has 0 spiro atoms. The van der Waals surface area contributed by atoms with E-state index < -0.39 is 5.54 Å². The van der Waals surface area contributed by atoms with Gasteiger partial charge in [0.05, 0.1) is 6.07 Å². The molecule has 0 aromatic heterocycles. The Hall–Kier alpha value is -1.05. The fraction of sp³-hybridized carbons (Fsp3) is 0.500. The fourth-order valence-corrected chi connectivity index (χ4v) is 2.68. The first-order valence-corrected chi connectivity index (χ1v) is 7.13. The summed E-state index contributed by atoms with van der Waals surface area (Å²) in [6.07, 6.45) is 2.46. The lowest BCUT2D eigenvalue weighted by atomic mass is 9.93. The van der Waals surface area contributed by atoms with Crippen molar-refractivity contribution in [2.75, 3.05) is 12.8 Å². The predicted molar refractivity (Wildman–Crippen MR) is 74.1 cm³/mol. The molecule has 0 aliphatic rings. The summed E-state index contributed by atoms with van der Waals surface area (Å²) in [6, 6.07) is 9.12. The van der Waals surface area contributed by atoms with Gasteiger partial charge in [-0.2, -0.15) is 5.26 Å². The Balaban J connectivity index is 2.40. The molecule has 4 heteroatoms. The summed E-state index contributed by atoms with van der Waals surface area (Å²) in [5.41, 5.74) is -0.435. The highest BCUT2D eigenvalue weighted by Crippen LogP contribution is 2.24. The molecular formula is C14H19FN2S. The maximum atomic E-state index is 13.4. The third-order valence-electron chi connectivity index (χ3n) is 3.14. The molecule has 1 aromatic carbocycles. The lowest BCUT2D eigenvalue weighted by Crippen LogP contribution is -2.40. The van der Waals surface area contributed by atoms with Gasteiger partial charge in [0.15, 0.2) is 0 Å². The summed E-state index contributed by atoms with van der Waals surface area (Å²) >= 11 is 1.51. The molecule has 1 rings (SSSR count). The van der Waals surface area contributed by atoms with Crippen LogP contribution in [0.3, 0.4) is 0 Å². The molecule has 0 heterocycles. The molecule has 1 atom stereocenters. The maximum absolute atomic E-state index is 13.4. The van der Waals surface area contributed by atoms with E-state index in [0.717, 1.165) is 25.0 Å². The van der Waals surface area contributed by atoms with Crippen molar-refractivity contribution in [1.82, 2.24) is 5.32 Å². The number of halogens is 1. The Bertz CT molecular complexity index is 411. The van der Waals surface area contributed by atoms with E-state index in [-0.39, 0.29) is 5.82 Å². The van der Waals surface area contributed by atoms with Crippen LogP contribution in [0.2, 0.25) is 0 Å². The number of nitrogens with zero attached hydrogens (tertiary/aromatic N) is 1.